The van der Waals surface area contributed by atoms with Gasteiger partial charge in [0.05, 0.1) is 11.9 Å². The maximum Gasteiger partial charge on any atom is 0.186 e. The molecule has 2 aromatic rings. The molecule has 0 amide bonds. The second-order valence-corrected chi connectivity index (χ2v) is 3.69. The van der Waals surface area contributed by atoms with Gasteiger partial charge >= 0.3 is 0 Å². The standard InChI is InChI=1S/C12H12F2N4/c1-3-15-12-10(14)7(2)17-11(18-12)9-5-4-8(13)6-16-9/h4-6H,3H2,1-2H3,(H,15,17,18). The number of nitrogens with zero attached hydrogens (tertiary/aromatic N) is 3. The maximum absolute atomic E-state index is 13.7. The number of nitrogens with one attached hydrogen (secondary N) is 1. The van der Waals surface area contributed by atoms with E-state index in [0.29, 0.717) is 12.2 Å². The second-order valence-electron chi connectivity index (χ2n) is 3.69. The minimum atomic E-state index is -0.484. The Kier molecular flexibility index (Phi) is 3.45. The Balaban J connectivity index is 2.48. The zero-order valence-electron chi connectivity index (χ0n) is 10.0. The van der Waals surface area contributed by atoms with Gasteiger partial charge in [-0.15, -0.1) is 0 Å². The van der Waals surface area contributed by atoms with Crippen LogP contribution in [-0.2, 0) is 0 Å². The molecule has 0 saturated carbocycles. The average molecular weight is 250 g/mol. The summed E-state index contributed by atoms with van der Waals surface area (Å²) in [6.45, 7) is 3.93. The highest BCUT2D eigenvalue weighted by Crippen LogP contribution is 2.19. The fourth-order valence-electron chi connectivity index (χ4n) is 1.47. The Morgan fingerprint density at radius 2 is 2.00 bits per heavy atom. The van der Waals surface area contributed by atoms with Gasteiger partial charge in [0, 0.05) is 6.54 Å². The number of hydrogen-bond acceptors (Lipinski definition) is 4. The Bertz CT molecular complexity index is 555. The van der Waals surface area contributed by atoms with E-state index < -0.39 is 11.6 Å². The highest BCUT2D eigenvalue weighted by molar-refractivity contribution is 5.53. The topological polar surface area (TPSA) is 50.7 Å². The van der Waals surface area contributed by atoms with Gasteiger partial charge in [0.2, 0.25) is 0 Å². The average Bonchev–Trinajstić information content (AvgIpc) is 2.36. The van der Waals surface area contributed by atoms with E-state index in [0.717, 1.165) is 6.20 Å². The van der Waals surface area contributed by atoms with E-state index >= 15 is 0 Å². The lowest BCUT2D eigenvalue weighted by molar-refractivity contribution is 0.605. The van der Waals surface area contributed by atoms with Crippen molar-refractivity contribution in [2.75, 3.05) is 11.9 Å². The van der Waals surface area contributed by atoms with E-state index in [1.807, 2.05) is 6.92 Å². The molecular weight excluding hydrogens is 238 g/mol. The smallest absolute Gasteiger partial charge is 0.186 e. The molecule has 6 heteroatoms. The van der Waals surface area contributed by atoms with Crippen molar-refractivity contribution in [2.24, 2.45) is 0 Å². The molecule has 2 rings (SSSR count). The molecule has 0 aromatic carbocycles. The molecule has 0 bridgehead atoms. The van der Waals surface area contributed by atoms with Crippen molar-refractivity contribution >= 4 is 5.82 Å². The lowest BCUT2D eigenvalue weighted by atomic mass is 10.3. The molecule has 94 valence electrons. The number of pyridine rings is 1. The summed E-state index contributed by atoms with van der Waals surface area (Å²) in [5.74, 6) is -0.525. The fraction of sp³-hybridized carbons (Fsp3) is 0.250. The van der Waals surface area contributed by atoms with Gasteiger partial charge < -0.3 is 5.32 Å². The van der Waals surface area contributed by atoms with Gasteiger partial charge in [0.15, 0.2) is 17.5 Å². The summed E-state index contributed by atoms with van der Waals surface area (Å²) in [4.78, 5) is 11.9. The molecule has 0 fully saturated rings. The van der Waals surface area contributed by atoms with Gasteiger partial charge in [-0.05, 0) is 26.0 Å². The second kappa shape index (κ2) is 5.03. The van der Waals surface area contributed by atoms with Crippen molar-refractivity contribution in [2.45, 2.75) is 13.8 Å². The van der Waals surface area contributed by atoms with Crippen molar-refractivity contribution in [1.29, 1.82) is 0 Å². The number of rotatable bonds is 3. The Labute approximate surface area is 103 Å². The molecule has 0 aliphatic heterocycles. The molecule has 0 saturated heterocycles. The van der Waals surface area contributed by atoms with E-state index in [4.69, 9.17) is 0 Å². The van der Waals surface area contributed by atoms with Crippen LogP contribution in [0.4, 0.5) is 14.6 Å². The first-order valence-corrected chi connectivity index (χ1v) is 5.51. The van der Waals surface area contributed by atoms with E-state index in [1.54, 1.807) is 6.92 Å². The molecule has 4 nitrogen and oxygen atoms in total. The molecule has 0 aliphatic rings. The summed E-state index contributed by atoms with van der Waals surface area (Å²) in [7, 11) is 0. The number of aryl methyl sites for hydroxylation is 1. The summed E-state index contributed by atoms with van der Waals surface area (Å²) < 4.78 is 26.5. The van der Waals surface area contributed by atoms with Crippen LogP contribution in [0.3, 0.4) is 0 Å². The van der Waals surface area contributed by atoms with Crippen LogP contribution in [-0.4, -0.2) is 21.5 Å². The highest BCUT2D eigenvalue weighted by atomic mass is 19.1. The molecule has 0 spiro atoms. The Morgan fingerprint density at radius 1 is 1.22 bits per heavy atom. The van der Waals surface area contributed by atoms with Gasteiger partial charge in [0.1, 0.15) is 11.5 Å². The van der Waals surface area contributed by atoms with Crippen LogP contribution in [0.5, 0.6) is 0 Å². The lowest BCUT2D eigenvalue weighted by Crippen LogP contribution is -2.07. The SMILES string of the molecule is CCNc1nc(-c2ccc(F)cn2)nc(C)c1F. The summed E-state index contributed by atoms with van der Waals surface area (Å²) in [6, 6.07) is 2.72. The molecule has 1 N–H and O–H groups in total. The van der Waals surface area contributed by atoms with E-state index in [9.17, 15) is 8.78 Å². The van der Waals surface area contributed by atoms with Crippen LogP contribution < -0.4 is 5.32 Å². The van der Waals surface area contributed by atoms with Crippen LogP contribution in [0.25, 0.3) is 11.5 Å². The quantitative estimate of drug-likeness (QED) is 0.909. The van der Waals surface area contributed by atoms with Crippen LogP contribution in [0.15, 0.2) is 18.3 Å². The Hall–Kier alpha value is -2.11. The molecule has 0 atom stereocenters. The van der Waals surface area contributed by atoms with Gasteiger partial charge in [-0.1, -0.05) is 0 Å². The van der Waals surface area contributed by atoms with E-state index in [2.05, 4.69) is 20.3 Å². The van der Waals surface area contributed by atoms with Crippen molar-refractivity contribution in [3.8, 4) is 11.5 Å². The third-order valence-electron chi connectivity index (χ3n) is 2.32. The van der Waals surface area contributed by atoms with Gasteiger partial charge in [-0.25, -0.2) is 23.7 Å². The van der Waals surface area contributed by atoms with Crippen molar-refractivity contribution in [3.05, 3.63) is 35.7 Å². The highest BCUT2D eigenvalue weighted by Gasteiger charge is 2.12. The van der Waals surface area contributed by atoms with E-state index in [-0.39, 0.29) is 17.3 Å². The molecule has 18 heavy (non-hydrogen) atoms. The zero-order chi connectivity index (χ0) is 13.1. The molecule has 0 aliphatic carbocycles. The minimum Gasteiger partial charge on any atom is -0.368 e. The predicted octanol–water partition coefficient (Wildman–Crippen LogP) is 2.56. The minimum absolute atomic E-state index is 0.131. The number of anilines is 1. The first-order valence-electron chi connectivity index (χ1n) is 5.51. The van der Waals surface area contributed by atoms with Crippen molar-refractivity contribution < 1.29 is 8.78 Å². The van der Waals surface area contributed by atoms with Gasteiger partial charge in [-0.2, -0.15) is 0 Å². The molecule has 2 heterocycles. The summed E-state index contributed by atoms with van der Waals surface area (Å²) >= 11 is 0. The number of aromatic nitrogens is 3. The zero-order valence-corrected chi connectivity index (χ0v) is 10.0. The third-order valence-corrected chi connectivity index (χ3v) is 2.32. The summed E-state index contributed by atoms with van der Waals surface area (Å²) in [5, 5.41) is 2.81. The number of halogens is 2. The van der Waals surface area contributed by atoms with Crippen LogP contribution in [0.2, 0.25) is 0 Å². The maximum atomic E-state index is 13.7. The molecule has 2 aromatic heterocycles. The van der Waals surface area contributed by atoms with Crippen molar-refractivity contribution in [3.63, 3.8) is 0 Å². The van der Waals surface area contributed by atoms with Crippen molar-refractivity contribution in [1.82, 2.24) is 15.0 Å². The largest absolute Gasteiger partial charge is 0.368 e. The van der Waals surface area contributed by atoms with Gasteiger partial charge in [0.25, 0.3) is 0 Å². The Morgan fingerprint density at radius 3 is 2.61 bits per heavy atom. The summed E-state index contributed by atoms with van der Waals surface area (Å²) in [6.07, 6.45) is 1.07. The molecular formula is C12H12F2N4. The fourth-order valence-corrected chi connectivity index (χ4v) is 1.47. The van der Waals surface area contributed by atoms with E-state index in [1.165, 1.54) is 12.1 Å². The third kappa shape index (κ3) is 2.42. The summed E-state index contributed by atoms with van der Waals surface area (Å²) in [5.41, 5.74) is 0.626. The predicted molar refractivity (Wildman–Crippen MR) is 64.1 cm³/mol. The normalized spacial score (nSPS) is 10.4. The lowest BCUT2D eigenvalue weighted by Gasteiger charge is -2.08. The number of hydrogen-bond donors (Lipinski definition) is 1. The first-order chi connectivity index (χ1) is 8.61. The first kappa shape index (κ1) is 12.3. The van der Waals surface area contributed by atoms with Crippen LogP contribution in [0, 0.1) is 18.6 Å². The molecule has 0 radical (unpaired) electrons. The monoisotopic (exact) mass is 250 g/mol. The van der Waals surface area contributed by atoms with Gasteiger partial charge in [-0.3, -0.25) is 0 Å². The van der Waals surface area contributed by atoms with Crippen LogP contribution in [0.1, 0.15) is 12.6 Å². The molecule has 0 unspecified atom stereocenters. The van der Waals surface area contributed by atoms with Crippen LogP contribution >= 0.6 is 0 Å².